The highest BCUT2D eigenvalue weighted by Gasteiger charge is 2.11. The molecule has 0 spiro atoms. The number of carbonyl (C=O) groups excluding carboxylic acids is 1. The summed E-state index contributed by atoms with van der Waals surface area (Å²) in [6.45, 7) is 1.98. The van der Waals surface area contributed by atoms with Crippen LogP contribution in [0.1, 0.15) is 15.9 Å². The van der Waals surface area contributed by atoms with Gasteiger partial charge in [-0.1, -0.05) is 23.7 Å². The Morgan fingerprint density at radius 2 is 1.90 bits per heavy atom. The van der Waals surface area contributed by atoms with Gasteiger partial charge in [-0.15, -0.1) is 11.3 Å². The molecule has 0 bridgehead atoms. The standard InChI is InChI=1S/C22H17ClN4OS/c1-14-5-6-16(21(28)25-18-4-2-3-17(23)12-18)11-19(14)26-22-27-20(13-29-22)15-7-9-24-10-8-15/h2-13H,1H3,(H,25,28)(H,26,27). The van der Waals surface area contributed by atoms with Crippen molar-refractivity contribution in [1.29, 1.82) is 0 Å². The van der Waals surface area contributed by atoms with Gasteiger partial charge in [-0.05, 0) is 55.0 Å². The summed E-state index contributed by atoms with van der Waals surface area (Å²) in [5.74, 6) is -0.202. The first-order chi connectivity index (χ1) is 14.1. The van der Waals surface area contributed by atoms with Crippen molar-refractivity contribution < 1.29 is 4.79 Å². The van der Waals surface area contributed by atoms with Gasteiger partial charge in [-0.2, -0.15) is 0 Å². The van der Waals surface area contributed by atoms with Crippen molar-refractivity contribution >= 4 is 45.4 Å². The van der Waals surface area contributed by atoms with E-state index in [2.05, 4.69) is 20.6 Å². The van der Waals surface area contributed by atoms with Gasteiger partial charge in [-0.3, -0.25) is 9.78 Å². The number of hydrogen-bond acceptors (Lipinski definition) is 5. The Bertz CT molecular complexity index is 1160. The lowest BCUT2D eigenvalue weighted by Gasteiger charge is -2.10. The maximum atomic E-state index is 12.6. The van der Waals surface area contributed by atoms with Crippen LogP contribution >= 0.6 is 22.9 Å². The largest absolute Gasteiger partial charge is 0.331 e. The van der Waals surface area contributed by atoms with E-state index in [9.17, 15) is 4.79 Å². The molecule has 144 valence electrons. The molecule has 0 aliphatic heterocycles. The molecule has 29 heavy (non-hydrogen) atoms. The number of halogens is 1. The monoisotopic (exact) mass is 420 g/mol. The molecule has 0 fully saturated rings. The average molecular weight is 421 g/mol. The van der Waals surface area contributed by atoms with Crippen LogP contribution in [0.25, 0.3) is 11.3 Å². The Labute approximate surface area is 177 Å². The molecule has 5 nitrogen and oxygen atoms in total. The molecular weight excluding hydrogens is 404 g/mol. The van der Waals surface area contributed by atoms with Gasteiger partial charge >= 0.3 is 0 Å². The van der Waals surface area contributed by atoms with Crippen LogP contribution in [0.4, 0.5) is 16.5 Å². The summed E-state index contributed by atoms with van der Waals surface area (Å²) in [6, 6.07) is 16.4. The molecule has 4 rings (SSSR count). The predicted molar refractivity (Wildman–Crippen MR) is 119 cm³/mol. The van der Waals surface area contributed by atoms with Gasteiger partial charge < -0.3 is 10.6 Å². The normalized spacial score (nSPS) is 10.6. The first kappa shape index (κ1) is 19.1. The zero-order valence-electron chi connectivity index (χ0n) is 15.5. The van der Waals surface area contributed by atoms with Crippen LogP contribution in [0.2, 0.25) is 5.02 Å². The average Bonchev–Trinajstić information content (AvgIpc) is 3.19. The van der Waals surface area contributed by atoms with Crippen LogP contribution in [-0.4, -0.2) is 15.9 Å². The Morgan fingerprint density at radius 1 is 1.07 bits per heavy atom. The number of anilines is 3. The van der Waals surface area contributed by atoms with Gasteiger partial charge in [0, 0.05) is 45.3 Å². The molecule has 0 saturated carbocycles. The van der Waals surface area contributed by atoms with Crippen molar-refractivity contribution in [3.05, 3.63) is 88.5 Å². The van der Waals surface area contributed by atoms with E-state index in [4.69, 9.17) is 11.6 Å². The van der Waals surface area contributed by atoms with E-state index < -0.39 is 0 Å². The van der Waals surface area contributed by atoms with Crippen LogP contribution in [-0.2, 0) is 0 Å². The third-order valence-electron chi connectivity index (χ3n) is 4.30. The smallest absolute Gasteiger partial charge is 0.255 e. The summed E-state index contributed by atoms with van der Waals surface area (Å²) in [6.07, 6.45) is 3.49. The third kappa shape index (κ3) is 4.62. The molecule has 0 unspecified atom stereocenters. The maximum Gasteiger partial charge on any atom is 0.255 e. The second kappa shape index (κ2) is 8.43. The zero-order chi connectivity index (χ0) is 20.2. The summed E-state index contributed by atoms with van der Waals surface area (Å²) in [5.41, 5.74) is 4.94. The highest BCUT2D eigenvalue weighted by molar-refractivity contribution is 7.14. The number of benzene rings is 2. The molecule has 0 aliphatic rings. The van der Waals surface area contributed by atoms with E-state index in [1.165, 1.54) is 11.3 Å². The lowest BCUT2D eigenvalue weighted by Crippen LogP contribution is -2.12. The number of aryl methyl sites for hydroxylation is 1. The van der Waals surface area contributed by atoms with Gasteiger partial charge in [0.2, 0.25) is 0 Å². The van der Waals surface area contributed by atoms with Crippen LogP contribution in [0.5, 0.6) is 0 Å². The summed E-state index contributed by atoms with van der Waals surface area (Å²) in [4.78, 5) is 21.3. The van der Waals surface area contributed by atoms with Crippen LogP contribution < -0.4 is 10.6 Å². The number of hydrogen-bond donors (Lipinski definition) is 2. The van der Waals surface area contributed by atoms with Crippen molar-refractivity contribution in [2.45, 2.75) is 6.92 Å². The number of aromatic nitrogens is 2. The lowest BCUT2D eigenvalue weighted by atomic mass is 10.1. The minimum Gasteiger partial charge on any atom is -0.331 e. The predicted octanol–water partition coefficient (Wildman–Crippen LogP) is 6.16. The molecule has 7 heteroatoms. The zero-order valence-corrected chi connectivity index (χ0v) is 17.1. The Hall–Kier alpha value is -3.22. The van der Waals surface area contributed by atoms with Crippen LogP contribution in [0.15, 0.2) is 72.4 Å². The van der Waals surface area contributed by atoms with Crippen molar-refractivity contribution in [1.82, 2.24) is 9.97 Å². The fraction of sp³-hybridized carbons (Fsp3) is 0.0455. The number of pyridine rings is 1. The third-order valence-corrected chi connectivity index (χ3v) is 5.30. The number of amides is 1. The minimum atomic E-state index is -0.202. The quantitative estimate of drug-likeness (QED) is 0.405. The number of nitrogens with zero attached hydrogens (tertiary/aromatic N) is 2. The first-order valence-electron chi connectivity index (χ1n) is 8.89. The molecule has 0 radical (unpaired) electrons. The Kier molecular flexibility index (Phi) is 5.55. The molecule has 2 aromatic carbocycles. The number of nitrogens with one attached hydrogen (secondary N) is 2. The highest BCUT2D eigenvalue weighted by Crippen LogP contribution is 2.28. The molecule has 0 aliphatic carbocycles. The Morgan fingerprint density at radius 3 is 2.69 bits per heavy atom. The van der Waals surface area contributed by atoms with Crippen molar-refractivity contribution in [2.75, 3.05) is 10.6 Å². The van der Waals surface area contributed by atoms with E-state index in [0.717, 1.165) is 27.6 Å². The minimum absolute atomic E-state index is 0.202. The topological polar surface area (TPSA) is 66.9 Å². The molecule has 2 N–H and O–H groups in total. The first-order valence-corrected chi connectivity index (χ1v) is 10.1. The Balaban J connectivity index is 1.53. The molecule has 0 saturated heterocycles. The fourth-order valence-electron chi connectivity index (χ4n) is 2.77. The van der Waals surface area contributed by atoms with E-state index in [-0.39, 0.29) is 5.91 Å². The molecule has 4 aromatic rings. The van der Waals surface area contributed by atoms with Gasteiger partial charge in [0.15, 0.2) is 5.13 Å². The lowest BCUT2D eigenvalue weighted by molar-refractivity contribution is 0.102. The molecule has 2 heterocycles. The summed E-state index contributed by atoms with van der Waals surface area (Å²) in [7, 11) is 0. The van der Waals surface area contributed by atoms with E-state index in [1.54, 1.807) is 42.7 Å². The SMILES string of the molecule is Cc1ccc(C(=O)Nc2cccc(Cl)c2)cc1Nc1nc(-c2ccncc2)cs1. The van der Waals surface area contributed by atoms with Crippen molar-refractivity contribution in [2.24, 2.45) is 0 Å². The van der Waals surface area contributed by atoms with E-state index in [1.807, 2.05) is 36.6 Å². The van der Waals surface area contributed by atoms with E-state index >= 15 is 0 Å². The summed E-state index contributed by atoms with van der Waals surface area (Å²) >= 11 is 7.49. The van der Waals surface area contributed by atoms with E-state index in [0.29, 0.717) is 16.3 Å². The van der Waals surface area contributed by atoms with Crippen molar-refractivity contribution in [3.63, 3.8) is 0 Å². The molecule has 2 aromatic heterocycles. The highest BCUT2D eigenvalue weighted by atomic mass is 35.5. The van der Waals surface area contributed by atoms with Gasteiger partial charge in [0.25, 0.3) is 5.91 Å². The summed E-state index contributed by atoms with van der Waals surface area (Å²) < 4.78 is 0. The fourth-order valence-corrected chi connectivity index (χ4v) is 3.69. The summed E-state index contributed by atoms with van der Waals surface area (Å²) in [5, 5.41) is 9.50. The van der Waals surface area contributed by atoms with Gasteiger partial charge in [0.1, 0.15) is 0 Å². The molecule has 0 atom stereocenters. The molecular formula is C22H17ClN4OS. The maximum absolute atomic E-state index is 12.6. The second-order valence-corrected chi connectivity index (χ2v) is 7.69. The number of rotatable bonds is 5. The van der Waals surface area contributed by atoms with Crippen LogP contribution in [0.3, 0.4) is 0 Å². The number of carbonyl (C=O) groups is 1. The molecule has 1 amide bonds. The van der Waals surface area contributed by atoms with Crippen molar-refractivity contribution in [3.8, 4) is 11.3 Å². The number of thiazole rings is 1. The van der Waals surface area contributed by atoms with Gasteiger partial charge in [-0.25, -0.2) is 4.98 Å². The van der Waals surface area contributed by atoms with Gasteiger partial charge in [0.05, 0.1) is 5.69 Å². The second-order valence-electron chi connectivity index (χ2n) is 6.39. The van der Waals surface area contributed by atoms with Crippen LogP contribution in [0, 0.1) is 6.92 Å².